The second-order valence-electron chi connectivity index (χ2n) is 1.56. The number of nitrogens with two attached hydrogens (primary N) is 1. The number of amides is 2. The fourth-order valence-corrected chi connectivity index (χ4v) is 0.345. The molecule has 1 radical (unpaired) electrons. The Hall–Kier alpha value is -1.26. The van der Waals surface area contributed by atoms with Crippen molar-refractivity contribution in [2.24, 2.45) is 5.73 Å². The van der Waals surface area contributed by atoms with Gasteiger partial charge in [0.25, 0.3) is 0 Å². The SMILES string of the molecule is CC(=O)OCC[N]C(N)=O. The Kier molecular flexibility index (Phi) is 4.02. The van der Waals surface area contributed by atoms with Crippen molar-refractivity contribution in [2.75, 3.05) is 13.2 Å². The van der Waals surface area contributed by atoms with Gasteiger partial charge < -0.3 is 10.5 Å². The van der Waals surface area contributed by atoms with Gasteiger partial charge in [0.2, 0.25) is 0 Å². The topological polar surface area (TPSA) is 83.5 Å². The molecule has 0 spiro atoms. The summed E-state index contributed by atoms with van der Waals surface area (Å²) in [6.45, 7) is 1.53. The predicted molar refractivity (Wildman–Crippen MR) is 33.2 cm³/mol. The molecule has 0 aliphatic carbocycles. The van der Waals surface area contributed by atoms with Crippen LogP contribution in [0.4, 0.5) is 4.79 Å². The molecule has 57 valence electrons. The molecule has 10 heavy (non-hydrogen) atoms. The van der Waals surface area contributed by atoms with E-state index in [1.807, 2.05) is 0 Å². The third kappa shape index (κ3) is 6.74. The first-order chi connectivity index (χ1) is 4.63. The van der Waals surface area contributed by atoms with E-state index in [-0.39, 0.29) is 19.1 Å². The highest BCUT2D eigenvalue weighted by molar-refractivity contribution is 5.71. The van der Waals surface area contributed by atoms with Gasteiger partial charge >= 0.3 is 12.0 Å². The van der Waals surface area contributed by atoms with Crippen molar-refractivity contribution in [1.82, 2.24) is 5.32 Å². The number of ether oxygens (including phenoxy) is 1. The summed E-state index contributed by atoms with van der Waals surface area (Å²) in [4.78, 5) is 20.1. The average molecular weight is 145 g/mol. The van der Waals surface area contributed by atoms with E-state index in [0.717, 1.165) is 0 Å². The highest BCUT2D eigenvalue weighted by Gasteiger charge is 1.95. The minimum absolute atomic E-state index is 0.109. The molecular formula is C5H9N2O3. The molecular weight excluding hydrogens is 136 g/mol. The van der Waals surface area contributed by atoms with Crippen LogP contribution in [0.2, 0.25) is 0 Å². The molecule has 0 aliphatic heterocycles. The summed E-state index contributed by atoms with van der Waals surface area (Å²) in [5.74, 6) is -0.389. The van der Waals surface area contributed by atoms with Crippen molar-refractivity contribution in [3.63, 3.8) is 0 Å². The molecule has 0 atom stereocenters. The molecule has 0 saturated carbocycles. The standard InChI is InChI=1S/C5H9N2O3/c1-4(8)10-3-2-7-5(6)9/h2-3H2,1H3,(H2,6,9). The molecule has 0 aromatic heterocycles. The van der Waals surface area contributed by atoms with Gasteiger partial charge in [0, 0.05) is 6.92 Å². The molecule has 0 saturated heterocycles. The fraction of sp³-hybridized carbons (Fsp3) is 0.600. The van der Waals surface area contributed by atoms with Gasteiger partial charge in [-0.3, -0.25) is 4.79 Å². The smallest absolute Gasteiger partial charge is 0.333 e. The molecule has 0 bridgehead atoms. The summed E-state index contributed by atoms with van der Waals surface area (Å²) < 4.78 is 4.45. The lowest BCUT2D eigenvalue weighted by molar-refractivity contribution is -0.140. The normalized spacial score (nSPS) is 8.50. The quantitative estimate of drug-likeness (QED) is 0.418. The molecule has 5 nitrogen and oxygen atoms in total. The monoisotopic (exact) mass is 145 g/mol. The molecule has 0 fully saturated rings. The van der Waals surface area contributed by atoms with Crippen molar-refractivity contribution in [2.45, 2.75) is 6.92 Å². The number of hydrogen-bond donors (Lipinski definition) is 1. The maximum Gasteiger partial charge on any atom is 0.333 e. The van der Waals surface area contributed by atoms with Gasteiger partial charge in [0.05, 0.1) is 6.54 Å². The van der Waals surface area contributed by atoms with Crippen LogP contribution in [0.3, 0.4) is 0 Å². The lowest BCUT2D eigenvalue weighted by atomic mass is 10.7. The van der Waals surface area contributed by atoms with Crippen LogP contribution in [0.1, 0.15) is 6.92 Å². The first-order valence-electron chi connectivity index (χ1n) is 2.73. The predicted octanol–water partition coefficient (Wildman–Crippen LogP) is -0.767. The fourth-order valence-electron chi connectivity index (χ4n) is 0.345. The van der Waals surface area contributed by atoms with Gasteiger partial charge in [-0.2, -0.15) is 0 Å². The van der Waals surface area contributed by atoms with Crippen molar-refractivity contribution in [1.29, 1.82) is 0 Å². The van der Waals surface area contributed by atoms with E-state index in [9.17, 15) is 9.59 Å². The number of primary amides is 1. The lowest BCUT2D eigenvalue weighted by Gasteiger charge is -1.98. The van der Waals surface area contributed by atoms with Crippen molar-refractivity contribution >= 4 is 12.0 Å². The Morgan fingerprint density at radius 1 is 1.60 bits per heavy atom. The molecule has 0 heterocycles. The lowest BCUT2D eigenvalue weighted by Crippen LogP contribution is -2.25. The van der Waals surface area contributed by atoms with Crippen LogP contribution in [-0.4, -0.2) is 25.2 Å². The molecule has 0 aromatic carbocycles. The van der Waals surface area contributed by atoms with Gasteiger partial charge in [-0.05, 0) is 0 Å². The Labute approximate surface area is 58.5 Å². The zero-order valence-corrected chi connectivity index (χ0v) is 5.66. The minimum Gasteiger partial charge on any atom is -0.464 e. The van der Waals surface area contributed by atoms with Crippen molar-refractivity contribution in [3.05, 3.63) is 0 Å². The van der Waals surface area contributed by atoms with E-state index in [4.69, 9.17) is 0 Å². The van der Waals surface area contributed by atoms with Crippen LogP contribution in [0, 0.1) is 0 Å². The van der Waals surface area contributed by atoms with Crippen molar-refractivity contribution < 1.29 is 14.3 Å². The third-order valence-electron chi connectivity index (χ3n) is 0.664. The second kappa shape index (κ2) is 4.60. The number of hydrogen-bond acceptors (Lipinski definition) is 3. The summed E-state index contributed by atoms with van der Waals surface area (Å²) in [5, 5.41) is 3.26. The molecule has 0 aliphatic rings. The summed E-state index contributed by atoms with van der Waals surface area (Å²) in [5.41, 5.74) is 4.66. The Balaban J connectivity index is 3.06. The van der Waals surface area contributed by atoms with E-state index in [1.165, 1.54) is 6.92 Å². The van der Waals surface area contributed by atoms with Crippen LogP contribution >= 0.6 is 0 Å². The van der Waals surface area contributed by atoms with Gasteiger partial charge in [-0.15, -0.1) is 0 Å². The Morgan fingerprint density at radius 3 is 2.60 bits per heavy atom. The minimum atomic E-state index is -0.743. The van der Waals surface area contributed by atoms with Crippen molar-refractivity contribution in [3.8, 4) is 0 Å². The largest absolute Gasteiger partial charge is 0.464 e. The third-order valence-corrected chi connectivity index (χ3v) is 0.664. The Morgan fingerprint density at radius 2 is 2.20 bits per heavy atom. The number of carbonyl (C=O) groups is 2. The molecule has 2 N–H and O–H groups in total. The first kappa shape index (κ1) is 8.74. The van der Waals surface area contributed by atoms with E-state index in [1.54, 1.807) is 0 Å². The molecule has 0 rings (SSSR count). The van der Waals surface area contributed by atoms with E-state index in [0.29, 0.717) is 0 Å². The number of urea groups is 1. The zero-order valence-electron chi connectivity index (χ0n) is 5.66. The maximum absolute atomic E-state index is 10.1. The first-order valence-corrected chi connectivity index (χ1v) is 2.73. The number of nitrogens with zero attached hydrogens (tertiary/aromatic N) is 1. The zero-order chi connectivity index (χ0) is 7.98. The molecule has 2 amide bonds. The summed E-state index contributed by atoms with van der Waals surface area (Å²) in [6.07, 6.45) is 0. The maximum atomic E-state index is 10.1. The van der Waals surface area contributed by atoms with Gasteiger partial charge in [-0.1, -0.05) is 0 Å². The number of esters is 1. The van der Waals surface area contributed by atoms with E-state index < -0.39 is 6.03 Å². The van der Waals surface area contributed by atoms with Crippen LogP contribution in [0.15, 0.2) is 0 Å². The molecule has 5 heteroatoms. The Bertz CT molecular complexity index is 119. The summed E-state index contributed by atoms with van der Waals surface area (Å²) in [7, 11) is 0. The van der Waals surface area contributed by atoms with Crippen LogP contribution in [-0.2, 0) is 9.53 Å². The van der Waals surface area contributed by atoms with E-state index in [2.05, 4.69) is 15.8 Å². The average Bonchev–Trinajstić information content (AvgIpc) is 1.79. The molecule has 0 unspecified atom stereocenters. The van der Waals surface area contributed by atoms with E-state index >= 15 is 0 Å². The summed E-state index contributed by atoms with van der Waals surface area (Å²) in [6, 6.07) is -0.743. The highest BCUT2D eigenvalue weighted by Crippen LogP contribution is 1.73. The molecule has 0 aromatic rings. The van der Waals surface area contributed by atoms with Gasteiger partial charge in [0.15, 0.2) is 0 Å². The van der Waals surface area contributed by atoms with Gasteiger partial charge in [0.1, 0.15) is 6.61 Å². The van der Waals surface area contributed by atoms with Crippen LogP contribution in [0.25, 0.3) is 0 Å². The number of carbonyl (C=O) groups excluding carboxylic acids is 2. The highest BCUT2D eigenvalue weighted by atomic mass is 16.5. The van der Waals surface area contributed by atoms with Crippen LogP contribution < -0.4 is 11.1 Å². The second-order valence-corrected chi connectivity index (χ2v) is 1.56. The van der Waals surface area contributed by atoms with Gasteiger partial charge in [-0.25, -0.2) is 10.1 Å². The summed E-state index contributed by atoms with van der Waals surface area (Å²) >= 11 is 0. The number of rotatable bonds is 3. The van der Waals surface area contributed by atoms with Crippen LogP contribution in [0.5, 0.6) is 0 Å².